The molecular formula is C26H38N6O. The molecule has 1 fully saturated rings. The van der Waals surface area contributed by atoms with Crippen LogP contribution < -0.4 is 5.56 Å². The third kappa shape index (κ3) is 4.74. The predicted octanol–water partition coefficient (Wildman–Crippen LogP) is 5.11. The SMILES string of the molecule is CCC(C)(C)n1nnnc1[C@@H](C(C)C)N(Cc1cc2cc(C)ccc2[nH]c1=O)C1CCCC1. The molecular weight excluding hydrogens is 412 g/mol. The summed E-state index contributed by atoms with van der Waals surface area (Å²) in [6.07, 6.45) is 5.68. The molecule has 0 radical (unpaired) electrons. The Hall–Kier alpha value is -2.54. The van der Waals surface area contributed by atoms with Crippen LogP contribution in [0.4, 0.5) is 0 Å². The number of aryl methyl sites for hydroxylation is 1. The molecule has 1 N–H and O–H groups in total. The van der Waals surface area contributed by atoms with Gasteiger partial charge in [-0.2, -0.15) is 0 Å². The molecule has 0 aliphatic heterocycles. The lowest BCUT2D eigenvalue weighted by Gasteiger charge is -2.39. The fourth-order valence-corrected chi connectivity index (χ4v) is 5.16. The van der Waals surface area contributed by atoms with Crippen molar-refractivity contribution >= 4 is 10.9 Å². The van der Waals surface area contributed by atoms with Crippen molar-refractivity contribution < 1.29 is 0 Å². The zero-order chi connectivity index (χ0) is 23.8. The van der Waals surface area contributed by atoms with E-state index in [2.05, 4.69) is 79.1 Å². The van der Waals surface area contributed by atoms with E-state index in [1.807, 2.05) is 16.8 Å². The molecule has 0 unspecified atom stereocenters. The van der Waals surface area contributed by atoms with Gasteiger partial charge < -0.3 is 4.98 Å². The Morgan fingerprint density at radius 3 is 2.61 bits per heavy atom. The van der Waals surface area contributed by atoms with Gasteiger partial charge in [-0.1, -0.05) is 45.2 Å². The van der Waals surface area contributed by atoms with Gasteiger partial charge in [-0.25, -0.2) is 4.68 Å². The summed E-state index contributed by atoms with van der Waals surface area (Å²) in [7, 11) is 0. The van der Waals surface area contributed by atoms with Crippen LogP contribution in [0.5, 0.6) is 0 Å². The maximum Gasteiger partial charge on any atom is 0.252 e. The van der Waals surface area contributed by atoms with Crippen molar-refractivity contribution in [3.8, 4) is 0 Å². The number of nitrogens with one attached hydrogen (secondary N) is 1. The molecule has 1 saturated carbocycles. The zero-order valence-corrected chi connectivity index (χ0v) is 20.9. The number of pyridine rings is 1. The van der Waals surface area contributed by atoms with Crippen LogP contribution in [0.15, 0.2) is 29.1 Å². The van der Waals surface area contributed by atoms with E-state index < -0.39 is 0 Å². The largest absolute Gasteiger partial charge is 0.322 e. The molecule has 178 valence electrons. The Balaban J connectivity index is 1.79. The molecule has 7 nitrogen and oxygen atoms in total. The first-order valence-corrected chi connectivity index (χ1v) is 12.4. The monoisotopic (exact) mass is 450 g/mol. The maximum absolute atomic E-state index is 13.1. The van der Waals surface area contributed by atoms with Crippen LogP contribution in [0.3, 0.4) is 0 Å². The Bertz CT molecular complexity index is 1160. The first kappa shape index (κ1) is 23.6. The van der Waals surface area contributed by atoms with Crippen molar-refractivity contribution in [2.45, 2.75) is 97.8 Å². The van der Waals surface area contributed by atoms with Crippen molar-refractivity contribution in [2.24, 2.45) is 5.92 Å². The molecule has 0 bridgehead atoms. The molecule has 3 aromatic rings. The molecule has 2 heterocycles. The number of aromatic amines is 1. The third-order valence-corrected chi connectivity index (χ3v) is 7.41. The second-order valence-corrected chi connectivity index (χ2v) is 10.6. The number of aromatic nitrogens is 5. The second kappa shape index (κ2) is 9.37. The number of fused-ring (bicyclic) bond motifs is 1. The summed E-state index contributed by atoms with van der Waals surface area (Å²) in [5.74, 6) is 1.20. The summed E-state index contributed by atoms with van der Waals surface area (Å²) in [5, 5.41) is 14.1. The second-order valence-electron chi connectivity index (χ2n) is 10.6. The molecule has 0 amide bonds. The van der Waals surface area contributed by atoms with Gasteiger partial charge in [0, 0.05) is 23.7 Å². The van der Waals surface area contributed by atoms with Gasteiger partial charge in [-0.05, 0) is 80.0 Å². The minimum Gasteiger partial charge on any atom is -0.322 e. The van der Waals surface area contributed by atoms with Gasteiger partial charge in [0.05, 0.1) is 11.6 Å². The lowest BCUT2D eigenvalue weighted by atomic mass is 9.95. The van der Waals surface area contributed by atoms with Crippen molar-refractivity contribution in [3.63, 3.8) is 0 Å². The van der Waals surface area contributed by atoms with Crippen molar-refractivity contribution in [3.05, 3.63) is 51.6 Å². The average molecular weight is 451 g/mol. The molecule has 1 atom stereocenters. The van der Waals surface area contributed by atoms with Gasteiger partial charge in [0.2, 0.25) is 0 Å². The molecule has 33 heavy (non-hydrogen) atoms. The normalized spacial score (nSPS) is 16.4. The van der Waals surface area contributed by atoms with Crippen molar-refractivity contribution in [1.29, 1.82) is 0 Å². The van der Waals surface area contributed by atoms with E-state index in [4.69, 9.17) is 0 Å². The van der Waals surface area contributed by atoms with Gasteiger partial charge in [0.15, 0.2) is 5.82 Å². The summed E-state index contributed by atoms with van der Waals surface area (Å²) in [6.45, 7) is 13.7. The maximum atomic E-state index is 13.1. The molecule has 0 spiro atoms. The van der Waals surface area contributed by atoms with Crippen LogP contribution in [-0.4, -0.2) is 36.1 Å². The Labute approximate surface area is 196 Å². The predicted molar refractivity (Wildman–Crippen MR) is 132 cm³/mol. The highest BCUT2D eigenvalue weighted by Gasteiger charge is 2.37. The summed E-state index contributed by atoms with van der Waals surface area (Å²) < 4.78 is 2.01. The van der Waals surface area contributed by atoms with Crippen LogP contribution >= 0.6 is 0 Å². The Kier molecular flexibility index (Phi) is 6.71. The lowest BCUT2D eigenvalue weighted by molar-refractivity contribution is 0.0791. The zero-order valence-electron chi connectivity index (χ0n) is 20.9. The fraction of sp³-hybridized carbons (Fsp3) is 0.615. The van der Waals surface area contributed by atoms with E-state index in [0.717, 1.165) is 41.6 Å². The number of hydrogen-bond donors (Lipinski definition) is 1. The highest BCUT2D eigenvalue weighted by Crippen LogP contribution is 2.37. The molecule has 1 aliphatic carbocycles. The Morgan fingerprint density at radius 2 is 1.94 bits per heavy atom. The summed E-state index contributed by atoms with van der Waals surface area (Å²) in [5.41, 5.74) is 2.69. The van der Waals surface area contributed by atoms with E-state index in [0.29, 0.717) is 18.5 Å². The van der Waals surface area contributed by atoms with Crippen molar-refractivity contribution in [2.75, 3.05) is 0 Å². The molecule has 1 aliphatic rings. The van der Waals surface area contributed by atoms with Crippen molar-refractivity contribution in [1.82, 2.24) is 30.1 Å². The van der Waals surface area contributed by atoms with Gasteiger partial charge >= 0.3 is 0 Å². The van der Waals surface area contributed by atoms with E-state index in [9.17, 15) is 4.79 Å². The van der Waals surface area contributed by atoms with Gasteiger partial charge in [0.1, 0.15) is 0 Å². The minimum atomic E-state index is -0.175. The first-order chi connectivity index (χ1) is 15.7. The van der Waals surface area contributed by atoms with Crippen LogP contribution in [0.1, 0.15) is 89.7 Å². The highest BCUT2D eigenvalue weighted by atomic mass is 16.1. The van der Waals surface area contributed by atoms with E-state index in [-0.39, 0.29) is 17.1 Å². The number of H-pyrrole nitrogens is 1. The molecule has 2 aromatic heterocycles. The topological polar surface area (TPSA) is 79.7 Å². The summed E-state index contributed by atoms with van der Waals surface area (Å²) in [4.78, 5) is 18.7. The average Bonchev–Trinajstić information content (AvgIpc) is 3.46. The fourth-order valence-electron chi connectivity index (χ4n) is 5.16. The molecule has 4 rings (SSSR count). The van der Waals surface area contributed by atoms with Crippen LogP contribution in [-0.2, 0) is 12.1 Å². The third-order valence-electron chi connectivity index (χ3n) is 7.41. The van der Waals surface area contributed by atoms with Gasteiger partial charge in [0.25, 0.3) is 5.56 Å². The smallest absolute Gasteiger partial charge is 0.252 e. The van der Waals surface area contributed by atoms with Crippen LogP contribution in [0.2, 0.25) is 0 Å². The summed E-state index contributed by atoms with van der Waals surface area (Å²) in [6, 6.07) is 8.68. The Morgan fingerprint density at radius 1 is 1.21 bits per heavy atom. The lowest BCUT2D eigenvalue weighted by Crippen LogP contribution is -2.42. The number of hydrogen-bond acceptors (Lipinski definition) is 5. The van der Waals surface area contributed by atoms with E-state index in [1.165, 1.54) is 18.4 Å². The number of nitrogens with zero attached hydrogens (tertiary/aromatic N) is 5. The number of benzene rings is 1. The number of rotatable bonds is 8. The summed E-state index contributed by atoms with van der Waals surface area (Å²) >= 11 is 0. The standard InChI is InChI=1S/C26H38N6O/c1-7-26(5,6)32-24(28-29-30-32)23(17(2)3)31(21-10-8-9-11-21)16-20-15-19-14-18(4)12-13-22(19)27-25(20)33/h12-15,17,21,23H,7-11,16H2,1-6H3,(H,27,33)/t23-/m1/s1. The molecule has 1 aromatic carbocycles. The minimum absolute atomic E-state index is 0.00895. The first-order valence-electron chi connectivity index (χ1n) is 12.4. The molecule has 0 saturated heterocycles. The number of tetrazole rings is 1. The van der Waals surface area contributed by atoms with Crippen LogP contribution in [0.25, 0.3) is 10.9 Å². The van der Waals surface area contributed by atoms with E-state index >= 15 is 0 Å². The van der Waals surface area contributed by atoms with Crippen LogP contribution in [0, 0.1) is 12.8 Å². The van der Waals surface area contributed by atoms with Gasteiger partial charge in [-0.15, -0.1) is 5.10 Å². The molecule has 7 heteroatoms. The highest BCUT2D eigenvalue weighted by molar-refractivity contribution is 5.79. The van der Waals surface area contributed by atoms with E-state index in [1.54, 1.807) is 0 Å². The quantitative estimate of drug-likeness (QED) is 0.516. The van der Waals surface area contributed by atoms with Gasteiger partial charge in [-0.3, -0.25) is 9.69 Å².